The Morgan fingerprint density at radius 1 is 1.12 bits per heavy atom. The SMILES string of the molecule is COc1cc(CNn2cn[nH]c2=S)ccc1OCc1ccc(Cl)c(Cl)c1. The molecule has 6 nitrogen and oxygen atoms in total. The minimum Gasteiger partial charge on any atom is -0.493 e. The van der Waals surface area contributed by atoms with Crippen molar-refractivity contribution in [3.8, 4) is 11.5 Å². The number of hydrogen-bond donors (Lipinski definition) is 2. The maximum absolute atomic E-state index is 6.03. The van der Waals surface area contributed by atoms with Gasteiger partial charge in [-0.1, -0.05) is 35.3 Å². The fourth-order valence-electron chi connectivity index (χ4n) is 2.27. The molecular formula is C17H16Cl2N4O2S. The topological polar surface area (TPSA) is 64.1 Å². The molecule has 0 spiro atoms. The van der Waals surface area contributed by atoms with Crippen LogP contribution in [0.2, 0.25) is 10.0 Å². The molecule has 0 aliphatic rings. The van der Waals surface area contributed by atoms with Crippen LogP contribution in [0.25, 0.3) is 0 Å². The Kier molecular flexibility index (Phi) is 6.03. The van der Waals surface area contributed by atoms with E-state index < -0.39 is 0 Å². The molecule has 0 saturated carbocycles. The van der Waals surface area contributed by atoms with Gasteiger partial charge in [0.25, 0.3) is 0 Å². The summed E-state index contributed by atoms with van der Waals surface area (Å²) in [6, 6.07) is 11.1. The van der Waals surface area contributed by atoms with Crippen LogP contribution in [-0.2, 0) is 13.2 Å². The summed E-state index contributed by atoms with van der Waals surface area (Å²) in [6.07, 6.45) is 1.58. The molecule has 3 aromatic rings. The summed E-state index contributed by atoms with van der Waals surface area (Å²) < 4.78 is 13.4. The number of nitrogens with one attached hydrogen (secondary N) is 2. The van der Waals surface area contributed by atoms with Crippen LogP contribution in [0.3, 0.4) is 0 Å². The van der Waals surface area contributed by atoms with Crippen LogP contribution >= 0.6 is 35.4 Å². The predicted molar refractivity (Wildman–Crippen MR) is 104 cm³/mol. The van der Waals surface area contributed by atoms with E-state index >= 15 is 0 Å². The molecule has 0 saturated heterocycles. The van der Waals surface area contributed by atoms with Crippen LogP contribution in [0.4, 0.5) is 0 Å². The van der Waals surface area contributed by atoms with Crippen molar-refractivity contribution in [3.63, 3.8) is 0 Å². The van der Waals surface area contributed by atoms with Crippen molar-refractivity contribution in [2.45, 2.75) is 13.2 Å². The molecule has 0 aliphatic carbocycles. The molecule has 0 atom stereocenters. The largest absolute Gasteiger partial charge is 0.493 e. The van der Waals surface area contributed by atoms with Gasteiger partial charge in [-0.2, -0.15) is 5.10 Å². The monoisotopic (exact) mass is 410 g/mol. The second-order valence-corrected chi connectivity index (χ2v) is 6.59. The first kappa shape index (κ1) is 18.6. The highest BCUT2D eigenvalue weighted by Crippen LogP contribution is 2.30. The first-order valence-corrected chi connectivity index (χ1v) is 8.83. The molecule has 3 rings (SSSR count). The fraction of sp³-hybridized carbons (Fsp3) is 0.176. The second kappa shape index (κ2) is 8.44. The Hall–Kier alpha value is -2.22. The number of nitrogens with zero attached hydrogens (tertiary/aromatic N) is 2. The summed E-state index contributed by atoms with van der Waals surface area (Å²) in [4.78, 5) is 0. The Morgan fingerprint density at radius 2 is 1.92 bits per heavy atom. The van der Waals surface area contributed by atoms with Gasteiger partial charge in [-0.3, -0.25) is 5.10 Å². The molecule has 2 aromatic carbocycles. The van der Waals surface area contributed by atoms with Gasteiger partial charge >= 0.3 is 0 Å². The standard InChI is InChI=1S/C17H16Cl2N4O2S/c1-24-16-7-11(8-21-23-10-20-22-17(23)26)3-5-15(16)25-9-12-2-4-13(18)14(19)6-12/h2-7,10,21H,8-9H2,1H3,(H,22,26). The van der Waals surface area contributed by atoms with E-state index in [0.717, 1.165) is 11.1 Å². The van der Waals surface area contributed by atoms with Crippen molar-refractivity contribution in [1.82, 2.24) is 14.9 Å². The number of hydrogen-bond acceptors (Lipinski definition) is 5. The summed E-state index contributed by atoms with van der Waals surface area (Å²) in [5.74, 6) is 1.28. The molecule has 0 amide bonds. The number of ether oxygens (including phenoxy) is 2. The molecular weight excluding hydrogens is 395 g/mol. The van der Waals surface area contributed by atoms with Crippen molar-refractivity contribution in [1.29, 1.82) is 0 Å². The third-order valence-electron chi connectivity index (χ3n) is 3.61. The minimum absolute atomic E-state index is 0.356. The highest BCUT2D eigenvalue weighted by Gasteiger charge is 2.08. The van der Waals surface area contributed by atoms with Crippen LogP contribution in [0.1, 0.15) is 11.1 Å². The van der Waals surface area contributed by atoms with Gasteiger partial charge in [-0.25, -0.2) is 4.68 Å². The van der Waals surface area contributed by atoms with E-state index in [1.165, 1.54) is 0 Å². The number of H-pyrrole nitrogens is 1. The molecule has 136 valence electrons. The van der Waals surface area contributed by atoms with E-state index in [1.54, 1.807) is 30.2 Å². The van der Waals surface area contributed by atoms with E-state index in [9.17, 15) is 0 Å². The zero-order valence-corrected chi connectivity index (χ0v) is 16.2. The summed E-state index contributed by atoms with van der Waals surface area (Å²) >= 11 is 17.0. The predicted octanol–water partition coefficient (Wildman–Crippen LogP) is 4.58. The Balaban J connectivity index is 1.67. The van der Waals surface area contributed by atoms with Crippen molar-refractivity contribution in [2.24, 2.45) is 0 Å². The van der Waals surface area contributed by atoms with Gasteiger partial charge in [-0.05, 0) is 47.6 Å². The molecule has 0 radical (unpaired) electrons. The van der Waals surface area contributed by atoms with Gasteiger partial charge in [0.2, 0.25) is 4.77 Å². The molecule has 0 fully saturated rings. The van der Waals surface area contributed by atoms with Crippen molar-refractivity contribution >= 4 is 35.4 Å². The number of aromatic nitrogens is 3. The zero-order valence-electron chi connectivity index (χ0n) is 13.8. The van der Waals surface area contributed by atoms with E-state index in [0.29, 0.717) is 39.5 Å². The number of rotatable bonds is 7. The van der Waals surface area contributed by atoms with Crippen molar-refractivity contribution < 1.29 is 9.47 Å². The number of benzene rings is 2. The lowest BCUT2D eigenvalue weighted by Gasteiger charge is -2.13. The fourth-order valence-corrected chi connectivity index (χ4v) is 2.75. The van der Waals surface area contributed by atoms with Crippen LogP contribution in [0.15, 0.2) is 42.7 Å². The van der Waals surface area contributed by atoms with E-state index in [2.05, 4.69) is 15.6 Å². The highest BCUT2D eigenvalue weighted by atomic mass is 35.5. The maximum atomic E-state index is 6.03. The van der Waals surface area contributed by atoms with Gasteiger partial charge in [0.05, 0.1) is 23.7 Å². The summed E-state index contributed by atoms with van der Waals surface area (Å²) in [7, 11) is 1.60. The number of methoxy groups -OCH3 is 1. The normalized spacial score (nSPS) is 10.6. The van der Waals surface area contributed by atoms with Crippen molar-refractivity contribution in [2.75, 3.05) is 12.5 Å². The quantitative estimate of drug-likeness (QED) is 0.558. The Bertz CT molecular complexity index is 958. The smallest absolute Gasteiger partial charge is 0.214 e. The van der Waals surface area contributed by atoms with E-state index in [-0.39, 0.29) is 0 Å². The van der Waals surface area contributed by atoms with E-state index in [1.807, 2.05) is 24.3 Å². The molecule has 0 unspecified atom stereocenters. The molecule has 9 heteroatoms. The van der Waals surface area contributed by atoms with E-state index in [4.69, 9.17) is 44.9 Å². The third kappa shape index (κ3) is 4.49. The Morgan fingerprint density at radius 3 is 2.62 bits per heavy atom. The van der Waals surface area contributed by atoms with Gasteiger partial charge < -0.3 is 14.9 Å². The van der Waals surface area contributed by atoms with Gasteiger partial charge in [0.15, 0.2) is 11.5 Å². The average Bonchev–Trinajstić information content (AvgIpc) is 3.06. The minimum atomic E-state index is 0.356. The van der Waals surface area contributed by atoms with Crippen molar-refractivity contribution in [3.05, 3.63) is 68.7 Å². The van der Waals surface area contributed by atoms with Gasteiger partial charge in [0.1, 0.15) is 12.9 Å². The summed E-state index contributed by atoms with van der Waals surface area (Å²) in [6.45, 7) is 0.909. The molecule has 2 N–H and O–H groups in total. The summed E-state index contributed by atoms with van der Waals surface area (Å²) in [5.41, 5.74) is 5.07. The lowest BCUT2D eigenvalue weighted by atomic mass is 10.2. The maximum Gasteiger partial charge on any atom is 0.214 e. The molecule has 0 bridgehead atoms. The molecule has 1 aromatic heterocycles. The lowest BCUT2D eigenvalue weighted by Crippen LogP contribution is -2.13. The van der Waals surface area contributed by atoms with Crippen LogP contribution < -0.4 is 14.9 Å². The molecule has 1 heterocycles. The lowest BCUT2D eigenvalue weighted by molar-refractivity contribution is 0.284. The second-order valence-electron chi connectivity index (χ2n) is 5.39. The number of aromatic amines is 1. The van der Waals surface area contributed by atoms with Crippen LogP contribution in [0, 0.1) is 4.77 Å². The van der Waals surface area contributed by atoms with Gasteiger partial charge in [0, 0.05) is 0 Å². The number of halogens is 2. The third-order valence-corrected chi connectivity index (χ3v) is 4.64. The first-order valence-electron chi connectivity index (χ1n) is 7.66. The van der Waals surface area contributed by atoms with Crippen LogP contribution in [0.5, 0.6) is 11.5 Å². The summed E-state index contributed by atoms with van der Waals surface area (Å²) in [5, 5.41) is 7.55. The Labute approximate surface area is 165 Å². The van der Waals surface area contributed by atoms with Crippen LogP contribution in [-0.4, -0.2) is 22.0 Å². The first-order chi connectivity index (χ1) is 12.6. The van der Waals surface area contributed by atoms with Gasteiger partial charge in [-0.15, -0.1) is 0 Å². The molecule has 0 aliphatic heterocycles. The highest BCUT2D eigenvalue weighted by molar-refractivity contribution is 7.71. The zero-order chi connectivity index (χ0) is 18.5. The average molecular weight is 411 g/mol. The molecule has 26 heavy (non-hydrogen) atoms.